The van der Waals surface area contributed by atoms with E-state index in [-0.39, 0.29) is 0 Å². The molecule has 10 aromatic rings. The van der Waals surface area contributed by atoms with Crippen LogP contribution in [0.15, 0.2) is 195 Å². The fourth-order valence-electron chi connectivity index (χ4n) is 7.76. The highest BCUT2D eigenvalue weighted by Crippen LogP contribution is 2.38. The molecule has 0 aliphatic heterocycles. The van der Waals surface area contributed by atoms with E-state index >= 15 is 0 Å². The molecule has 0 unspecified atom stereocenters. The third kappa shape index (κ3) is 5.58. The molecule has 7 aromatic carbocycles. The van der Waals surface area contributed by atoms with E-state index in [1.807, 2.05) is 36.9 Å². The zero-order valence-electron chi connectivity index (χ0n) is 29.3. The van der Waals surface area contributed by atoms with Crippen molar-refractivity contribution in [1.29, 1.82) is 0 Å². The van der Waals surface area contributed by atoms with E-state index in [1.165, 1.54) is 48.5 Å². The second-order valence-electron chi connectivity index (χ2n) is 13.5. The highest BCUT2D eigenvalue weighted by Gasteiger charge is 2.14. The summed E-state index contributed by atoms with van der Waals surface area (Å²) in [5, 5.41) is 12.0. The van der Waals surface area contributed by atoms with Crippen molar-refractivity contribution in [2.24, 2.45) is 0 Å². The molecular weight excluding hydrogens is 657 g/mol. The summed E-state index contributed by atoms with van der Waals surface area (Å²) in [7, 11) is 0. The fourth-order valence-corrected chi connectivity index (χ4v) is 7.76. The number of fused-ring (bicyclic) bond motifs is 10. The van der Waals surface area contributed by atoms with Gasteiger partial charge in [0, 0.05) is 41.2 Å². The number of nitrogens with zero attached hydrogens (tertiary/aromatic N) is 3. The average molecular weight is 690 g/mol. The van der Waals surface area contributed by atoms with Gasteiger partial charge < -0.3 is 0 Å². The maximum absolute atomic E-state index is 5.26. The summed E-state index contributed by atoms with van der Waals surface area (Å²) in [6.45, 7) is 0. The van der Waals surface area contributed by atoms with E-state index in [9.17, 15) is 0 Å². The summed E-state index contributed by atoms with van der Waals surface area (Å²) in [4.78, 5) is 17.7. The molecule has 0 atom stereocenters. The van der Waals surface area contributed by atoms with Crippen molar-refractivity contribution in [3.8, 4) is 45.0 Å². The summed E-state index contributed by atoms with van der Waals surface area (Å²) in [6, 6.07) is 60.7. The number of aromatic amines is 1. The monoisotopic (exact) mass is 689 g/mol. The first-order chi connectivity index (χ1) is 26.8. The minimum atomic E-state index is 0.674. The maximum atomic E-state index is 5.26. The van der Waals surface area contributed by atoms with Crippen LogP contribution in [0.2, 0.25) is 0 Å². The number of hydrogen-bond donors (Lipinski definition) is 0. The summed E-state index contributed by atoms with van der Waals surface area (Å²) in [5.41, 5.74) is 6.94. The average Bonchev–Trinajstić information content (AvgIpc) is 3.26. The van der Waals surface area contributed by atoms with Gasteiger partial charge in [-0.2, -0.15) is 0 Å². The van der Waals surface area contributed by atoms with Gasteiger partial charge in [0.25, 0.3) is 0 Å². The predicted octanol–water partition coefficient (Wildman–Crippen LogP) is 12.2. The third-order valence-electron chi connectivity index (χ3n) is 10.4. The van der Waals surface area contributed by atoms with E-state index < -0.39 is 0 Å². The summed E-state index contributed by atoms with van der Waals surface area (Å²) >= 11 is 0. The Kier molecular flexibility index (Phi) is 7.77. The SMILES string of the molecule is c1ccc2c(c1)c1ccccc1c1ccccc1c1cc(-c3cc(-c4cc[nH+]cc4)nc(-c4ccc(-c5ccncc5)cc4)n3)ccc1c1ccccc21. The zero-order valence-corrected chi connectivity index (χ0v) is 29.3. The molecule has 0 fully saturated rings. The van der Waals surface area contributed by atoms with Crippen molar-refractivity contribution in [3.63, 3.8) is 0 Å². The van der Waals surface area contributed by atoms with Crippen LogP contribution in [0, 0.1) is 0 Å². The van der Waals surface area contributed by atoms with Crippen molar-refractivity contribution >= 4 is 53.9 Å². The molecule has 3 heterocycles. The minimum Gasteiger partial charge on any atom is -0.265 e. The quantitative estimate of drug-likeness (QED) is 0.185. The molecular formula is C50H33N4+. The van der Waals surface area contributed by atoms with Crippen LogP contribution in [0.1, 0.15) is 0 Å². The van der Waals surface area contributed by atoms with Crippen molar-refractivity contribution < 1.29 is 4.98 Å². The second kappa shape index (κ2) is 13.4. The Balaban J connectivity index is 1.28. The van der Waals surface area contributed by atoms with E-state index in [0.29, 0.717) is 5.82 Å². The molecule has 0 saturated carbocycles. The van der Waals surface area contributed by atoms with Crippen LogP contribution >= 0.6 is 0 Å². The number of rotatable bonds is 4. The van der Waals surface area contributed by atoms with Gasteiger partial charge in [0.1, 0.15) is 0 Å². The lowest BCUT2D eigenvalue weighted by molar-refractivity contribution is -0.377. The molecule has 1 N–H and O–H groups in total. The Morgan fingerprint density at radius 1 is 0.296 bits per heavy atom. The van der Waals surface area contributed by atoms with E-state index in [1.54, 1.807) is 0 Å². The van der Waals surface area contributed by atoms with Crippen molar-refractivity contribution in [2.45, 2.75) is 0 Å². The molecule has 0 amide bonds. The molecule has 0 radical (unpaired) electrons. The Hall–Kier alpha value is -7.30. The third-order valence-corrected chi connectivity index (χ3v) is 10.4. The molecule has 3 aromatic heterocycles. The number of nitrogens with one attached hydrogen (secondary N) is 1. The Labute approximate surface area is 312 Å². The lowest BCUT2D eigenvalue weighted by Crippen LogP contribution is -1.99. The van der Waals surface area contributed by atoms with Crippen LogP contribution in [0.3, 0.4) is 0 Å². The molecule has 0 spiro atoms. The fraction of sp³-hybridized carbons (Fsp3) is 0. The lowest BCUT2D eigenvalue weighted by atomic mass is 9.93. The molecule has 0 aliphatic rings. The van der Waals surface area contributed by atoms with E-state index in [4.69, 9.17) is 9.97 Å². The Bertz CT molecular complexity index is 3010. The van der Waals surface area contributed by atoms with E-state index in [0.717, 1.165) is 44.6 Å². The van der Waals surface area contributed by atoms with Crippen LogP contribution in [0.4, 0.5) is 0 Å². The first-order valence-corrected chi connectivity index (χ1v) is 18.2. The molecule has 0 bridgehead atoms. The van der Waals surface area contributed by atoms with Crippen molar-refractivity contribution in [3.05, 3.63) is 195 Å². The molecule has 0 saturated heterocycles. The van der Waals surface area contributed by atoms with Gasteiger partial charge >= 0.3 is 0 Å². The molecule has 4 heteroatoms. The summed E-state index contributed by atoms with van der Waals surface area (Å²) in [6.07, 6.45) is 7.50. The van der Waals surface area contributed by atoms with Crippen molar-refractivity contribution in [2.75, 3.05) is 0 Å². The topological polar surface area (TPSA) is 52.8 Å². The lowest BCUT2D eigenvalue weighted by Gasteiger charge is -2.12. The molecule has 4 nitrogen and oxygen atoms in total. The van der Waals surface area contributed by atoms with Crippen LogP contribution < -0.4 is 4.98 Å². The van der Waals surface area contributed by atoms with Gasteiger partial charge in [0.2, 0.25) is 0 Å². The van der Waals surface area contributed by atoms with Crippen LogP contribution in [-0.2, 0) is 0 Å². The highest BCUT2D eigenvalue weighted by atomic mass is 14.9. The van der Waals surface area contributed by atoms with E-state index in [2.05, 4.69) is 168 Å². The molecule has 10 rings (SSSR count). The van der Waals surface area contributed by atoms with Gasteiger partial charge in [0.05, 0.1) is 11.4 Å². The van der Waals surface area contributed by atoms with Gasteiger partial charge in [-0.05, 0) is 89.3 Å². The van der Waals surface area contributed by atoms with Gasteiger partial charge in [-0.3, -0.25) is 4.98 Å². The number of benzene rings is 6. The normalized spacial score (nSPS) is 11.3. The summed E-state index contributed by atoms with van der Waals surface area (Å²) < 4.78 is 0. The first-order valence-electron chi connectivity index (χ1n) is 18.2. The smallest absolute Gasteiger partial charge is 0.167 e. The largest absolute Gasteiger partial charge is 0.265 e. The maximum Gasteiger partial charge on any atom is 0.167 e. The van der Waals surface area contributed by atoms with Gasteiger partial charge in [-0.1, -0.05) is 133 Å². The predicted molar refractivity (Wildman–Crippen MR) is 223 cm³/mol. The summed E-state index contributed by atoms with van der Waals surface area (Å²) in [5.74, 6) is 0.674. The van der Waals surface area contributed by atoms with Crippen LogP contribution in [0.5, 0.6) is 0 Å². The number of H-pyrrole nitrogens is 1. The number of pyridine rings is 2. The van der Waals surface area contributed by atoms with Crippen LogP contribution in [-0.4, -0.2) is 15.0 Å². The second-order valence-corrected chi connectivity index (χ2v) is 13.5. The number of aromatic nitrogens is 4. The highest BCUT2D eigenvalue weighted by molar-refractivity contribution is 6.26. The van der Waals surface area contributed by atoms with Crippen molar-refractivity contribution in [1.82, 2.24) is 15.0 Å². The Morgan fingerprint density at radius 2 is 0.685 bits per heavy atom. The standard InChI is InChI=1S/C50H32N4/c1-2-11-40-38(9-1)39-10-3-4-12-41(39)43-14-7-8-16-45(43)47-31-37(21-22-46(47)44-15-6-5-13-42(40)44)49-32-48(35-25-29-52-30-26-35)53-50(54-49)36-19-17-33(18-20-36)34-23-27-51-28-24-34/h1-32H/p+1. The van der Waals surface area contributed by atoms with Gasteiger partial charge in [-0.25, -0.2) is 15.0 Å². The molecule has 252 valence electrons. The first kappa shape index (κ1) is 31.4. The minimum absolute atomic E-state index is 0.674. The zero-order chi connectivity index (χ0) is 35.8. The molecule has 54 heavy (non-hydrogen) atoms. The number of hydrogen-bond acceptors (Lipinski definition) is 3. The van der Waals surface area contributed by atoms with Gasteiger partial charge in [-0.15, -0.1) is 0 Å². The molecule has 0 aliphatic carbocycles. The van der Waals surface area contributed by atoms with Gasteiger partial charge in [0.15, 0.2) is 18.2 Å². The van der Waals surface area contributed by atoms with Crippen LogP contribution in [0.25, 0.3) is 98.9 Å². The Morgan fingerprint density at radius 3 is 1.19 bits per heavy atom.